The molecule has 0 aromatic carbocycles. The molecule has 1 heteroatoms. The molecule has 2 rings (SSSR count). The van der Waals surface area contributed by atoms with Crippen LogP contribution in [0.2, 0.25) is 0 Å². The van der Waals surface area contributed by atoms with Crippen LogP contribution in [-0.4, -0.2) is 12.6 Å². The van der Waals surface area contributed by atoms with Crippen LogP contribution in [0.3, 0.4) is 0 Å². The van der Waals surface area contributed by atoms with E-state index < -0.39 is 0 Å². The van der Waals surface area contributed by atoms with Crippen LogP contribution < -0.4 is 5.32 Å². The van der Waals surface area contributed by atoms with Crippen LogP contribution in [0.15, 0.2) is 12.2 Å². The number of hydrogen-bond donors (Lipinski definition) is 1. The van der Waals surface area contributed by atoms with Gasteiger partial charge in [-0.2, -0.15) is 0 Å². The number of nitrogens with one attached hydrogen (secondary N) is 1. The van der Waals surface area contributed by atoms with Crippen LogP contribution in [0.1, 0.15) is 51.9 Å². The van der Waals surface area contributed by atoms with Crippen molar-refractivity contribution in [2.75, 3.05) is 6.54 Å². The Kier molecular flexibility index (Phi) is 4.25. The first-order chi connectivity index (χ1) is 7.34. The van der Waals surface area contributed by atoms with Crippen LogP contribution in [0.5, 0.6) is 0 Å². The highest BCUT2D eigenvalue weighted by Crippen LogP contribution is 2.29. The normalized spacial score (nSPS) is 32.3. The van der Waals surface area contributed by atoms with Crippen molar-refractivity contribution < 1.29 is 0 Å². The predicted molar refractivity (Wildman–Crippen MR) is 65.9 cm³/mol. The van der Waals surface area contributed by atoms with Gasteiger partial charge in [0.15, 0.2) is 0 Å². The Bertz CT molecular complexity index is 205. The number of allylic oxidation sites excluding steroid dienone is 1. The molecule has 15 heavy (non-hydrogen) atoms. The number of hydrogen-bond acceptors (Lipinski definition) is 1. The summed E-state index contributed by atoms with van der Waals surface area (Å²) in [5.74, 6) is 1.84. The van der Waals surface area contributed by atoms with Crippen molar-refractivity contribution in [1.29, 1.82) is 0 Å². The molecule has 86 valence electrons. The van der Waals surface area contributed by atoms with E-state index in [1.54, 1.807) is 0 Å². The average Bonchev–Trinajstić information content (AvgIpc) is 3.01. The van der Waals surface area contributed by atoms with Crippen LogP contribution >= 0.6 is 0 Å². The molecule has 2 saturated carbocycles. The monoisotopic (exact) mass is 207 g/mol. The largest absolute Gasteiger partial charge is 0.314 e. The third kappa shape index (κ3) is 4.38. The van der Waals surface area contributed by atoms with Crippen molar-refractivity contribution in [1.82, 2.24) is 5.32 Å². The molecule has 1 N–H and O–H groups in total. The molecule has 0 heterocycles. The smallest absolute Gasteiger partial charge is 0.00683 e. The van der Waals surface area contributed by atoms with Crippen molar-refractivity contribution >= 4 is 0 Å². The van der Waals surface area contributed by atoms with Gasteiger partial charge in [-0.05, 0) is 50.5 Å². The first kappa shape index (κ1) is 11.2. The van der Waals surface area contributed by atoms with Gasteiger partial charge in [-0.25, -0.2) is 0 Å². The van der Waals surface area contributed by atoms with Crippen molar-refractivity contribution in [3.05, 3.63) is 12.2 Å². The molecule has 0 aromatic heterocycles. The lowest BCUT2D eigenvalue weighted by Gasteiger charge is -2.24. The van der Waals surface area contributed by atoms with Crippen LogP contribution in [0, 0.1) is 11.8 Å². The zero-order valence-corrected chi connectivity index (χ0v) is 10.0. The lowest BCUT2D eigenvalue weighted by atomic mass is 9.82. The zero-order chi connectivity index (χ0) is 10.5. The van der Waals surface area contributed by atoms with E-state index in [1.165, 1.54) is 51.5 Å². The summed E-state index contributed by atoms with van der Waals surface area (Å²) in [6.45, 7) is 3.58. The molecule has 1 nitrogen and oxygen atoms in total. The summed E-state index contributed by atoms with van der Waals surface area (Å²) in [4.78, 5) is 0. The third-order valence-electron chi connectivity index (χ3n) is 3.71. The molecule has 2 aliphatic carbocycles. The van der Waals surface area contributed by atoms with Crippen LogP contribution in [0.4, 0.5) is 0 Å². The van der Waals surface area contributed by atoms with Gasteiger partial charge in [0, 0.05) is 6.04 Å². The van der Waals surface area contributed by atoms with Crippen molar-refractivity contribution in [3.63, 3.8) is 0 Å². The fourth-order valence-corrected chi connectivity index (χ4v) is 2.60. The van der Waals surface area contributed by atoms with E-state index in [-0.39, 0.29) is 0 Å². The Hall–Kier alpha value is -0.300. The molecule has 0 radical (unpaired) electrons. The van der Waals surface area contributed by atoms with E-state index >= 15 is 0 Å². The van der Waals surface area contributed by atoms with Gasteiger partial charge >= 0.3 is 0 Å². The molecule has 0 aliphatic heterocycles. The highest BCUT2D eigenvalue weighted by Gasteiger charge is 2.19. The maximum absolute atomic E-state index is 3.55. The number of rotatable bonds is 5. The lowest BCUT2D eigenvalue weighted by Crippen LogP contribution is -2.16. The molecule has 2 fully saturated rings. The van der Waals surface area contributed by atoms with Gasteiger partial charge in [-0.15, -0.1) is 0 Å². The molecule has 2 aliphatic rings. The maximum Gasteiger partial charge on any atom is 0.00683 e. The van der Waals surface area contributed by atoms with Gasteiger partial charge in [0.05, 0.1) is 0 Å². The second-order valence-electron chi connectivity index (χ2n) is 5.48. The molecule has 0 amide bonds. The quantitative estimate of drug-likeness (QED) is 0.537. The Morgan fingerprint density at radius 2 is 2.07 bits per heavy atom. The van der Waals surface area contributed by atoms with E-state index in [9.17, 15) is 0 Å². The zero-order valence-electron chi connectivity index (χ0n) is 10.0. The first-order valence-corrected chi connectivity index (χ1v) is 6.74. The van der Waals surface area contributed by atoms with Crippen LogP contribution in [0.25, 0.3) is 0 Å². The van der Waals surface area contributed by atoms with E-state index in [2.05, 4.69) is 24.4 Å². The Labute approximate surface area is 94.3 Å². The summed E-state index contributed by atoms with van der Waals surface area (Å²) < 4.78 is 0. The van der Waals surface area contributed by atoms with Crippen molar-refractivity contribution in [2.45, 2.75) is 57.9 Å². The van der Waals surface area contributed by atoms with Crippen LogP contribution in [-0.2, 0) is 0 Å². The van der Waals surface area contributed by atoms with E-state index in [0.29, 0.717) is 0 Å². The topological polar surface area (TPSA) is 12.0 Å². The molecule has 0 spiro atoms. The summed E-state index contributed by atoms with van der Waals surface area (Å²) in [6.07, 6.45) is 14.7. The standard InChI is InChI=1S/C14H25N/c1-12-5-4-7-13(11-12)6-2-3-10-15-14-8-9-14/h2,6,12-15H,3-5,7-11H2,1H3. The minimum Gasteiger partial charge on any atom is -0.314 e. The highest BCUT2D eigenvalue weighted by molar-refractivity contribution is 4.92. The van der Waals surface area contributed by atoms with Gasteiger partial charge in [0.25, 0.3) is 0 Å². The summed E-state index contributed by atoms with van der Waals surface area (Å²) in [6, 6.07) is 0.869. The second kappa shape index (κ2) is 5.69. The van der Waals surface area contributed by atoms with Gasteiger partial charge in [0.1, 0.15) is 0 Å². The second-order valence-corrected chi connectivity index (χ2v) is 5.48. The maximum atomic E-state index is 3.55. The minimum atomic E-state index is 0.869. The molecular formula is C14H25N. The molecule has 0 bridgehead atoms. The predicted octanol–water partition coefficient (Wildman–Crippen LogP) is 3.51. The van der Waals surface area contributed by atoms with Gasteiger partial charge in [-0.3, -0.25) is 0 Å². The molecule has 0 aromatic rings. The molecule has 0 saturated heterocycles. The van der Waals surface area contributed by atoms with Crippen molar-refractivity contribution in [3.8, 4) is 0 Å². The summed E-state index contributed by atoms with van der Waals surface area (Å²) >= 11 is 0. The average molecular weight is 207 g/mol. The summed E-state index contributed by atoms with van der Waals surface area (Å²) in [5.41, 5.74) is 0. The Morgan fingerprint density at radius 3 is 2.80 bits per heavy atom. The SMILES string of the molecule is CC1CCCC(C=CCCNC2CC2)C1. The lowest BCUT2D eigenvalue weighted by molar-refractivity contribution is 0.325. The Balaban J connectivity index is 1.55. The molecule has 2 atom stereocenters. The summed E-state index contributed by atoms with van der Waals surface area (Å²) in [5, 5.41) is 3.55. The molecule has 2 unspecified atom stereocenters. The summed E-state index contributed by atoms with van der Waals surface area (Å²) in [7, 11) is 0. The fourth-order valence-electron chi connectivity index (χ4n) is 2.60. The third-order valence-corrected chi connectivity index (χ3v) is 3.71. The Morgan fingerprint density at radius 1 is 1.20 bits per heavy atom. The van der Waals surface area contributed by atoms with E-state index in [4.69, 9.17) is 0 Å². The van der Waals surface area contributed by atoms with E-state index in [0.717, 1.165) is 17.9 Å². The molecular weight excluding hydrogens is 182 g/mol. The van der Waals surface area contributed by atoms with Gasteiger partial charge in [0.2, 0.25) is 0 Å². The highest BCUT2D eigenvalue weighted by atomic mass is 14.9. The fraction of sp³-hybridized carbons (Fsp3) is 0.857. The minimum absolute atomic E-state index is 0.869. The van der Waals surface area contributed by atoms with Crippen molar-refractivity contribution in [2.24, 2.45) is 11.8 Å². The first-order valence-electron chi connectivity index (χ1n) is 6.74. The van der Waals surface area contributed by atoms with E-state index in [1.807, 2.05) is 0 Å². The van der Waals surface area contributed by atoms with Gasteiger partial charge < -0.3 is 5.32 Å². The van der Waals surface area contributed by atoms with Gasteiger partial charge in [-0.1, -0.05) is 31.9 Å².